The summed E-state index contributed by atoms with van der Waals surface area (Å²) in [6, 6.07) is 8.07. The van der Waals surface area contributed by atoms with Gasteiger partial charge in [-0.25, -0.2) is 0 Å². The normalized spacial score (nSPS) is 17.4. The Morgan fingerprint density at radius 1 is 1.44 bits per heavy atom. The van der Waals surface area contributed by atoms with Gasteiger partial charge in [-0.1, -0.05) is 12.1 Å². The fraction of sp³-hybridized carbons (Fsp3) is 0.474. The lowest BCUT2D eigenvalue weighted by atomic mass is 10.1. The number of aliphatic imine (C=N–C) groups is 1. The maximum Gasteiger partial charge on any atom is 0.193 e. The van der Waals surface area contributed by atoms with Crippen molar-refractivity contribution in [2.45, 2.75) is 13.0 Å². The topological polar surface area (TPSA) is 63.9 Å². The van der Waals surface area contributed by atoms with Gasteiger partial charge < -0.3 is 19.7 Å². The van der Waals surface area contributed by atoms with Gasteiger partial charge in [-0.15, -0.1) is 24.0 Å². The van der Waals surface area contributed by atoms with E-state index in [0.29, 0.717) is 19.8 Å². The minimum absolute atomic E-state index is 0. The molecule has 0 amide bonds. The number of nitrogens with one attached hydrogen (secondary N) is 1. The Labute approximate surface area is 177 Å². The third-order valence-electron chi connectivity index (χ3n) is 4.32. The summed E-state index contributed by atoms with van der Waals surface area (Å²) < 4.78 is 13.5. The predicted molar refractivity (Wildman–Crippen MR) is 117 cm³/mol. The summed E-state index contributed by atoms with van der Waals surface area (Å²) in [7, 11) is 3.72. The molecule has 0 radical (unpaired) electrons. The zero-order valence-corrected chi connectivity index (χ0v) is 18.4. The highest BCUT2D eigenvalue weighted by Crippen LogP contribution is 2.21. The van der Waals surface area contributed by atoms with E-state index in [1.54, 1.807) is 11.7 Å². The second kappa shape index (κ2) is 10.5. The van der Waals surface area contributed by atoms with Crippen LogP contribution in [0, 0.1) is 6.92 Å². The SMILES string of the molecule is CN=C(NCCOc1cccc(C)c1)N1CCOC(c2cnn(C)c2)C1.I. The number of ether oxygens (including phenoxy) is 2. The lowest BCUT2D eigenvalue weighted by Gasteiger charge is -2.34. The third kappa shape index (κ3) is 6.10. The molecule has 1 aromatic carbocycles. The first-order valence-electron chi connectivity index (χ1n) is 8.91. The Bertz CT molecular complexity index is 749. The number of hydrogen-bond donors (Lipinski definition) is 1. The van der Waals surface area contributed by atoms with Crippen molar-refractivity contribution in [3.8, 4) is 5.75 Å². The molecule has 27 heavy (non-hydrogen) atoms. The van der Waals surface area contributed by atoms with E-state index in [9.17, 15) is 0 Å². The van der Waals surface area contributed by atoms with Crippen LogP contribution in [0.25, 0.3) is 0 Å². The summed E-state index contributed by atoms with van der Waals surface area (Å²) >= 11 is 0. The number of aryl methyl sites for hydroxylation is 2. The molecule has 1 aromatic heterocycles. The van der Waals surface area contributed by atoms with Crippen molar-refractivity contribution >= 4 is 29.9 Å². The van der Waals surface area contributed by atoms with Gasteiger partial charge in [0.05, 0.1) is 25.9 Å². The van der Waals surface area contributed by atoms with Crippen LogP contribution in [-0.4, -0.2) is 60.5 Å². The zero-order valence-electron chi connectivity index (χ0n) is 16.1. The van der Waals surface area contributed by atoms with E-state index in [-0.39, 0.29) is 30.1 Å². The molecule has 1 aliphatic heterocycles. The summed E-state index contributed by atoms with van der Waals surface area (Å²) in [5.41, 5.74) is 2.29. The average molecular weight is 485 g/mol. The van der Waals surface area contributed by atoms with Crippen molar-refractivity contribution in [1.82, 2.24) is 20.0 Å². The van der Waals surface area contributed by atoms with Crippen LogP contribution in [0.15, 0.2) is 41.7 Å². The quantitative estimate of drug-likeness (QED) is 0.305. The molecule has 1 atom stereocenters. The van der Waals surface area contributed by atoms with Crippen molar-refractivity contribution < 1.29 is 9.47 Å². The molecule has 1 aliphatic rings. The van der Waals surface area contributed by atoms with Gasteiger partial charge in [0.1, 0.15) is 18.5 Å². The van der Waals surface area contributed by atoms with Crippen LogP contribution in [0.4, 0.5) is 0 Å². The van der Waals surface area contributed by atoms with Crippen molar-refractivity contribution in [2.24, 2.45) is 12.0 Å². The van der Waals surface area contributed by atoms with E-state index in [2.05, 4.69) is 33.3 Å². The molecule has 1 unspecified atom stereocenters. The fourth-order valence-corrected chi connectivity index (χ4v) is 3.02. The monoisotopic (exact) mass is 485 g/mol. The van der Waals surface area contributed by atoms with Gasteiger partial charge in [0, 0.05) is 32.4 Å². The molecule has 1 N–H and O–H groups in total. The van der Waals surface area contributed by atoms with Gasteiger partial charge in [0.25, 0.3) is 0 Å². The van der Waals surface area contributed by atoms with Crippen LogP contribution in [0.2, 0.25) is 0 Å². The van der Waals surface area contributed by atoms with Gasteiger partial charge in [-0.05, 0) is 24.6 Å². The minimum Gasteiger partial charge on any atom is -0.492 e. The van der Waals surface area contributed by atoms with Crippen molar-refractivity contribution in [3.63, 3.8) is 0 Å². The van der Waals surface area contributed by atoms with Crippen LogP contribution >= 0.6 is 24.0 Å². The molecule has 0 bridgehead atoms. The lowest BCUT2D eigenvalue weighted by Crippen LogP contribution is -2.48. The highest BCUT2D eigenvalue weighted by molar-refractivity contribution is 14.0. The lowest BCUT2D eigenvalue weighted by molar-refractivity contribution is -0.00805. The van der Waals surface area contributed by atoms with Crippen molar-refractivity contribution in [3.05, 3.63) is 47.8 Å². The van der Waals surface area contributed by atoms with E-state index < -0.39 is 0 Å². The molecule has 2 heterocycles. The molecule has 8 heteroatoms. The number of guanidine groups is 1. The van der Waals surface area contributed by atoms with Crippen LogP contribution in [-0.2, 0) is 11.8 Å². The smallest absolute Gasteiger partial charge is 0.193 e. The molecule has 0 aliphatic carbocycles. The summed E-state index contributed by atoms with van der Waals surface area (Å²) in [5.74, 6) is 1.76. The third-order valence-corrected chi connectivity index (χ3v) is 4.32. The molecule has 2 aromatic rings. The van der Waals surface area contributed by atoms with Crippen LogP contribution < -0.4 is 10.1 Å². The average Bonchev–Trinajstić information content (AvgIpc) is 3.08. The largest absolute Gasteiger partial charge is 0.492 e. The van der Waals surface area contributed by atoms with E-state index in [0.717, 1.165) is 30.4 Å². The van der Waals surface area contributed by atoms with Crippen molar-refractivity contribution in [2.75, 3.05) is 39.9 Å². The van der Waals surface area contributed by atoms with E-state index in [4.69, 9.17) is 9.47 Å². The van der Waals surface area contributed by atoms with Gasteiger partial charge in [-0.2, -0.15) is 5.10 Å². The Hall–Kier alpha value is -1.81. The fourth-order valence-electron chi connectivity index (χ4n) is 3.02. The Balaban J connectivity index is 0.00000261. The molecule has 7 nitrogen and oxygen atoms in total. The standard InChI is InChI=1S/C19H27N5O2.HI/c1-15-5-4-6-17(11-15)25-9-7-21-19(20-2)24-8-10-26-18(14-24)16-12-22-23(3)13-16;/h4-6,11-13,18H,7-10,14H2,1-3H3,(H,20,21);1H. The Morgan fingerprint density at radius 2 is 2.30 bits per heavy atom. The molecule has 148 valence electrons. The first kappa shape index (κ1) is 21.5. The predicted octanol–water partition coefficient (Wildman–Crippen LogP) is 2.37. The molecule has 1 fully saturated rings. The first-order chi connectivity index (χ1) is 12.7. The van der Waals surface area contributed by atoms with Crippen LogP contribution in [0.1, 0.15) is 17.2 Å². The molecule has 0 saturated carbocycles. The number of halogens is 1. The van der Waals surface area contributed by atoms with Crippen molar-refractivity contribution in [1.29, 1.82) is 0 Å². The van der Waals surface area contributed by atoms with E-state index >= 15 is 0 Å². The van der Waals surface area contributed by atoms with E-state index in [1.165, 1.54) is 5.56 Å². The highest BCUT2D eigenvalue weighted by atomic mass is 127. The van der Waals surface area contributed by atoms with Crippen LogP contribution in [0.5, 0.6) is 5.75 Å². The molecular weight excluding hydrogens is 457 g/mol. The summed E-state index contributed by atoms with van der Waals surface area (Å²) in [4.78, 5) is 6.62. The number of morpholine rings is 1. The van der Waals surface area contributed by atoms with Gasteiger partial charge in [0.2, 0.25) is 0 Å². The molecule has 1 saturated heterocycles. The first-order valence-corrected chi connectivity index (χ1v) is 8.91. The zero-order chi connectivity index (χ0) is 18.4. The van der Waals surface area contributed by atoms with E-state index in [1.807, 2.05) is 37.6 Å². The van der Waals surface area contributed by atoms with Gasteiger partial charge in [-0.3, -0.25) is 9.67 Å². The summed E-state index contributed by atoms with van der Waals surface area (Å²) in [5, 5.41) is 7.61. The number of aromatic nitrogens is 2. The van der Waals surface area contributed by atoms with Crippen LogP contribution in [0.3, 0.4) is 0 Å². The molecular formula is C19H28IN5O2. The number of nitrogens with zero attached hydrogens (tertiary/aromatic N) is 4. The number of hydrogen-bond acceptors (Lipinski definition) is 4. The second-order valence-electron chi connectivity index (χ2n) is 6.39. The maximum atomic E-state index is 5.89. The second-order valence-corrected chi connectivity index (χ2v) is 6.39. The van der Waals surface area contributed by atoms with Gasteiger partial charge in [0.15, 0.2) is 5.96 Å². The molecule has 3 rings (SSSR count). The summed E-state index contributed by atoms with van der Waals surface area (Å²) in [6.45, 7) is 5.57. The molecule has 0 spiro atoms. The van der Waals surface area contributed by atoms with Gasteiger partial charge >= 0.3 is 0 Å². The summed E-state index contributed by atoms with van der Waals surface area (Å²) in [6.07, 6.45) is 3.87. The minimum atomic E-state index is 0. The Morgan fingerprint density at radius 3 is 3.00 bits per heavy atom. The number of rotatable bonds is 5. The highest BCUT2D eigenvalue weighted by Gasteiger charge is 2.24. The number of benzene rings is 1. The maximum absolute atomic E-state index is 5.89. The Kier molecular flexibility index (Phi) is 8.36.